The molecule has 1 N–H and O–H groups in total. The van der Waals surface area contributed by atoms with Gasteiger partial charge in [-0.15, -0.1) is 0 Å². The zero-order valence-electron chi connectivity index (χ0n) is 18.8. The van der Waals surface area contributed by atoms with Crippen LogP contribution in [0.3, 0.4) is 0 Å². The third kappa shape index (κ3) is 6.92. The lowest BCUT2D eigenvalue weighted by atomic mass is 10.2. The Hall–Kier alpha value is -3.14. The predicted molar refractivity (Wildman–Crippen MR) is 124 cm³/mol. The maximum Gasteiger partial charge on any atom is 0.188 e. The fourth-order valence-corrected chi connectivity index (χ4v) is 3.59. The van der Waals surface area contributed by atoms with Gasteiger partial charge in [-0.25, -0.2) is 0 Å². The molecule has 178 valence electrons. The third-order valence-corrected chi connectivity index (χ3v) is 5.29. The van der Waals surface area contributed by atoms with Gasteiger partial charge in [0.2, 0.25) is 0 Å². The van der Waals surface area contributed by atoms with E-state index in [0.717, 1.165) is 50.1 Å². The predicted octanol–water partition coefficient (Wildman–Crippen LogP) is 2.36. The van der Waals surface area contributed by atoms with Crippen LogP contribution < -0.4 is 14.5 Å². The molecule has 0 bridgehead atoms. The molecule has 2 aromatic rings. The number of morpholine rings is 2. The van der Waals surface area contributed by atoms with Crippen LogP contribution >= 0.6 is 0 Å². The SMILES string of the molecule is COCOc1cc(C=O)ccc1N1CCOCC1.O=Cc1ccc(N2CCOCC2)c(O)c1. The third-order valence-electron chi connectivity index (χ3n) is 5.29. The van der Waals surface area contributed by atoms with E-state index in [1.165, 1.54) is 6.07 Å². The van der Waals surface area contributed by atoms with E-state index < -0.39 is 0 Å². The normalized spacial score (nSPS) is 15.9. The lowest BCUT2D eigenvalue weighted by molar-refractivity contribution is 0.0510. The Bertz CT molecular complexity index is 910. The van der Waals surface area contributed by atoms with E-state index in [1.54, 1.807) is 31.4 Å². The topological polar surface area (TPSA) is 97.8 Å². The summed E-state index contributed by atoms with van der Waals surface area (Å²) in [5.41, 5.74) is 2.83. The smallest absolute Gasteiger partial charge is 0.188 e. The Labute approximate surface area is 193 Å². The molecule has 2 aromatic carbocycles. The zero-order valence-corrected chi connectivity index (χ0v) is 18.8. The Morgan fingerprint density at radius 2 is 1.36 bits per heavy atom. The second kappa shape index (κ2) is 12.8. The fraction of sp³-hybridized carbons (Fsp3) is 0.417. The second-order valence-electron chi connectivity index (χ2n) is 7.46. The zero-order chi connectivity index (χ0) is 23.5. The van der Waals surface area contributed by atoms with Crippen molar-refractivity contribution in [2.45, 2.75) is 0 Å². The van der Waals surface area contributed by atoms with Crippen LogP contribution in [0.25, 0.3) is 0 Å². The number of carbonyl (C=O) groups is 2. The minimum absolute atomic E-state index is 0.154. The van der Waals surface area contributed by atoms with E-state index in [9.17, 15) is 14.7 Å². The molecule has 0 aromatic heterocycles. The minimum atomic E-state index is 0.154. The largest absolute Gasteiger partial charge is 0.506 e. The van der Waals surface area contributed by atoms with E-state index in [4.69, 9.17) is 18.9 Å². The number of aldehydes is 2. The Balaban J connectivity index is 0.000000189. The van der Waals surface area contributed by atoms with Crippen LogP contribution in [0.1, 0.15) is 20.7 Å². The first-order valence-electron chi connectivity index (χ1n) is 10.8. The van der Waals surface area contributed by atoms with Crippen LogP contribution in [0.5, 0.6) is 11.5 Å². The standard InChI is InChI=1S/C13H17NO4.C11H13NO3/c1-16-10-18-13-8-11(9-15)2-3-12(13)14-4-6-17-7-5-14;13-8-9-1-2-10(11(14)7-9)12-3-5-15-6-4-12/h2-3,8-9H,4-7,10H2,1H3;1-2,7-8,14H,3-6H2. The van der Waals surface area contributed by atoms with Crippen LogP contribution in [0.2, 0.25) is 0 Å². The van der Waals surface area contributed by atoms with E-state index in [1.807, 2.05) is 11.0 Å². The molecule has 33 heavy (non-hydrogen) atoms. The molecular formula is C24H30N2O7. The van der Waals surface area contributed by atoms with Crippen LogP contribution in [0.4, 0.5) is 11.4 Å². The Morgan fingerprint density at radius 1 is 0.848 bits per heavy atom. The van der Waals surface area contributed by atoms with Crippen molar-refractivity contribution < 1.29 is 33.6 Å². The summed E-state index contributed by atoms with van der Waals surface area (Å²) < 4.78 is 21.0. The van der Waals surface area contributed by atoms with Gasteiger partial charge >= 0.3 is 0 Å². The number of rotatable bonds is 7. The molecule has 2 aliphatic rings. The van der Waals surface area contributed by atoms with Gasteiger partial charge in [0.05, 0.1) is 37.8 Å². The summed E-state index contributed by atoms with van der Waals surface area (Å²) in [6.07, 6.45) is 1.53. The van der Waals surface area contributed by atoms with Gasteiger partial charge in [0.25, 0.3) is 0 Å². The van der Waals surface area contributed by atoms with Crippen molar-refractivity contribution in [3.8, 4) is 11.5 Å². The van der Waals surface area contributed by atoms with Gasteiger partial charge in [-0.1, -0.05) is 0 Å². The molecule has 0 radical (unpaired) electrons. The summed E-state index contributed by atoms with van der Waals surface area (Å²) in [4.78, 5) is 25.5. The number of carbonyl (C=O) groups excluding carboxylic acids is 2. The summed E-state index contributed by atoms with van der Waals surface area (Å²) in [6.45, 7) is 6.12. The van der Waals surface area contributed by atoms with Crippen molar-refractivity contribution in [1.82, 2.24) is 0 Å². The Kier molecular flexibility index (Phi) is 9.49. The molecule has 0 unspecified atom stereocenters. The minimum Gasteiger partial charge on any atom is -0.506 e. The number of hydrogen-bond acceptors (Lipinski definition) is 9. The van der Waals surface area contributed by atoms with Crippen LogP contribution in [0, 0.1) is 0 Å². The van der Waals surface area contributed by atoms with E-state index in [0.29, 0.717) is 43.3 Å². The van der Waals surface area contributed by atoms with E-state index in [-0.39, 0.29) is 12.5 Å². The lowest BCUT2D eigenvalue weighted by Gasteiger charge is -2.30. The van der Waals surface area contributed by atoms with E-state index in [2.05, 4.69) is 4.90 Å². The van der Waals surface area contributed by atoms with E-state index >= 15 is 0 Å². The van der Waals surface area contributed by atoms with Crippen molar-refractivity contribution >= 4 is 23.9 Å². The summed E-state index contributed by atoms with van der Waals surface area (Å²) >= 11 is 0. The average molecular weight is 459 g/mol. The lowest BCUT2D eigenvalue weighted by Crippen LogP contribution is -2.36. The summed E-state index contributed by atoms with van der Waals surface area (Å²) in [5.74, 6) is 0.824. The van der Waals surface area contributed by atoms with Crippen LogP contribution in [0.15, 0.2) is 36.4 Å². The van der Waals surface area contributed by atoms with Gasteiger partial charge in [0, 0.05) is 44.4 Å². The highest BCUT2D eigenvalue weighted by atomic mass is 16.7. The average Bonchev–Trinajstić information content (AvgIpc) is 2.88. The molecule has 4 rings (SSSR count). The van der Waals surface area contributed by atoms with Crippen LogP contribution in [-0.4, -0.2) is 84.2 Å². The summed E-state index contributed by atoms with van der Waals surface area (Å²) in [7, 11) is 1.57. The molecular weight excluding hydrogens is 428 g/mol. The first kappa shape index (κ1) is 24.5. The van der Waals surface area contributed by atoms with Gasteiger partial charge in [-0.3, -0.25) is 9.59 Å². The van der Waals surface area contributed by atoms with Crippen molar-refractivity contribution in [3.63, 3.8) is 0 Å². The molecule has 2 heterocycles. The highest BCUT2D eigenvalue weighted by molar-refractivity contribution is 5.79. The van der Waals surface area contributed by atoms with Gasteiger partial charge in [0.1, 0.15) is 24.1 Å². The van der Waals surface area contributed by atoms with Crippen molar-refractivity contribution in [3.05, 3.63) is 47.5 Å². The number of anilines is 2. The molecule has 0 amide bonds. The quantitative estimate of drug-likeness (QED) is 0.495. The number of benzene rings is 2. The highest BCUT2D eigenvalue weighted by Crippen LogP contribution is 2.30. The Morgan fingerprint density at radius 3 is 1.88 bits per heavy atom. The first-order chi connectivity index (χ1) is 16.2. The number of ether oxygens (including phenoxy) is 4. The number of aromatic hydroxyl groups is 1. The van der Waals surface area contributed by atoms with Gasteiger partial charge in [-0.2, -0.15) is 0 Å². The molecule has 9 nitrogen and oxygen atoms in total. The highest BCUT2D eigenvalue weighted by Gasteiger charge is 2.16. The molecule has 2 aliphatic heterocycles. The number of hydrogen-bond donors (Lipinski definition) is 1. The van der Waals surface area contributed by atoms with Crippen molar-refractivity contribution in [2.24, 2.45) is 0 Å². The van der Waals surface area contributed by atoms with Gasteiger partial charge < -0.3 is 33.9 Å². The molecule has 2 saturated heterocycles. The number of nitrogens with zero attached hydrogens (tertiary/aromatic N) is 2. The van der Waals surface area contributed by atoms with Gasteiger partial charge in [-0.05, 0) is 36.4 Å². The summed E-state index contributed by atoms with van der Waals surface area (Å²) in [5, 5.41) is 9.73. The molecule has 0 spiro atoms. The van der Waals surface area contributed by atoms with Crippen molar-refractivity contribution in [1.29, 1.82) is 0 Å². The number of methoxy groups -OCH3 is 1. The summed E-state index contributed by atoms with van der Waals surface area (Å²) in [6, 6.07) is 10.4. The fourth-order valence-electron chi connectivity index (χ4n) is 3.59. The van der Waals surface area contributed by atoms with Crippen molar-refractivity contribution in [2.75, 3.05) is 76.3 Å². The molecule has 0 atom stereocenters. The second-order valence-corrected chi connectivity index (χ2v) is 7.46. The molecule has 2 fully saturated rings. The van der Waals surface area contributed by atoms with Crippen LogP contribution in [-0.2, 0) is 14.2 Å². The number of phenols is 1. The first-order valence-corrected chi connectivity index (χ1v) is 10.8. The maximum absolute atomic E-state index is 10.8. The maximum atomic E-state index is 10.8. The molecule has 0 saturated carbocycles. The monoisotopic (exact) mass is 458 g/mol. The molecule has 0 aliphatic carbocycles. The number of phenolic OH excluding ortho intramolecular Hbond substituents is 1. The molecule has 9 heteroatoms. The van der Waals surface area contributed by atoms with Gasteiger partial charge in [0.15, 0.2) is 6.79 Å².